The maximum Gasteiger partial charge on any atom is 0.224 e. The first-order valence-electron chi connectivity index (χ1n) is 6.32. The van der Waals surface area contributed by atoms with Crippen LogP contribution in [0.15, 0.2) is 6.20 Å². The highest BCUT2D eigenvalue weighted by molar-refractivity contribution is 6.28. The van der Waals surface area contributed by atoms with Crippen molar-refractivity contribution in [2.24, 2.45) is 0 Å². The first kappa shape index (κ1) is 12.1. The van der Waals surface area contributed by atoms with Gasteiger partial charge in [0.05, 0.1) is 24.9 Å². The van der Waals surface area contributed by atoms with E-state index >= 15 is 0 Å². The fourth-order valence-electron chi connectivity index (χ4n) is 2.90. The highest BCUT2D eigenvalue weighted by Crippen LogP contribution is 2.32. The zero-order chi connectivity index (χ0) is 12.5. The maximum absolute atomic E-state index is 13.8. The number of halogens is 2. The Morgan fingerprint density at radius 3 is 3.11 bits per heavy atom. The van der Waals surface area contributed by atoms with E-state index in [1.165, 1.54) is 6.42 Å². The predicted molar refractivity (Wildman–Crippen MR) is 66.3 cm³/mol. The molecule has 0 radical (unpaired) electrons. The zero-order valence-corrected chi connectivity index (χ0v) is 10.7. The van der Waals surface area contributed by atoms with Gasteiger partial charge in [-0.3, -0.25) is 0 Å². The summed E-state index contributed by atoms with van der Waals surface area (Å²) < 4.78 is 19.6. The molecule has 0 aromatic carbocycles. The molecule has 1 saturated carbocycles. The molecule has 1 aliphatic heterocycles. The van der Waals surface area contributed by atoms with E-state index in [4.69, 9.17) is 16.3 Å². The van der Waals surface area contributed by atoms with Crippen molar-refractivity contribution in [3.8, 4) is 0 Å². The normalized spacial score (nSPS) is 28.0. The quantitative estimate of drug-likeness (QED) is 0.736. The van der Waals surface area contributed by atoms with Crippen LogP contribution < -0.4 is 4.90 Å². The average molecular weight is 272 g/mol. The summed E-state index contributed by atoms with van der Waals surface area (Å²) in [6.07, 6.45) is 5.73. The molecular weight excluding hydrogens is 257 g/mol. The van der Waals surface area contributed by atoms with Crippen LogP contribution in [0.3, 0.4) is 0 Å². The van der Waals surface area contributed by atoms with Crippen LogP contribution in [0, 0.1) is 5.82 Å². The first-order chi connectivity index (χ1) is 8.75. The Morgan fingerprint density at radius 2 is 2.22 bits per heavy atom. The van der Waals surface area contributed by atoms with E-state index in [1.54, 1.807) is 0 Å². The molecular formula is C12H15ClFN3O. The van der Waals surface area contributed by atoms with Crippen LogP contribution in [0.4, 0.5) is 10.2 Å². The minimum atomic E-state index is -0.411. The van der Waals surface area contributed by atoms with Gasteiger partial charge in [-0.2, -0.15) is 4.98 Å². The maximum atomic E-state index is 13.8. The molecule has 1 aromatic heterocycles. The molecule has 1 saturated heterocycles. The van der Waals surface area contributed by atoms with E-state index in [0.29, 0.717) is 19.0 Å². The number of ether oxygens (including phenoxy) is 1. The predicted octanol–water partition coefficient (Wildman–Crippen LogP) is 2.42. The molecule has 3 rings (SSSR count). The number of fused-ring (bicyclic) bond motifs is 1. The monoisotopic (exact) mass is 271 g/mol. The van der Waals surface area contributed by atoms with E-state index in [9.17, 15) is 4.39 Å². The van der Waals surface area contributed by atoms with E-state index < -0.39 is 5.82 Å². The number of anilines is 1. The van der Waals surface area contributed by atoms with Gasteiger partial charge in [0.15, 0.2) is 11.6 Å². The second kappa shape index (κ2) is 4.97. The van der Waals surface area contributed by atoms with Crippen LogP contribution in [0.25, 0.3) is 0 Å². The molecule has 98 valence electrons. The van der Waals surface area contributed by atoms with Gasteiger partial charge in [-0.05, 0) is 24.4 Å². The van der Waals surface area contributed by atoms with Crippen LogP contribution in [0.1, 0.15) is 25.7 Å². The SMILES string of the molecule is Fc1cnc(Cl)nc1N1CCOC2CCCCC21. The molecule has 0 bridgehead atoms. The number of morpholine rings is 1. The lowest BCUT2D eigenvalue weighted by Crippen LogP contribution is -2.53. The highest BCUT2D eigenvalue weighted by atomic mass is 35.5. The van der Waals surface area contributed by atoms with Crippen molar-refractivity contribution in [1.82, 2.24) is 9.97 Å². The van der Waals surface area contributed by atoms with Gasteiger partial charge in [0.2, 0.25) is 5.28 Å². The fourth-order valence-corrected chi connectivity index (χ4v) is 3.03. The van der Waals surface area contributed by atoms with E-state index in [1.807, 2.05) is 4.90 Å². The molecule has 6 heteroatoms. The second-order valence-electron chi connectivity index (χ2n) is 4.77. The molecule has 1 aliphatic carbocycles. The second-order valence-corrected chi connectivity index (χ2v) is 5.10. The van der Waals surface area contributed by atoms with Crippen LogP contribution in [0.2, 0.25) is 5.28 Å². The third kappa shape index (κ3) is 2.17. The smallest absolute Gasteiger partial charge is 0.224 e. The lowest BCUT2D eigenvalue weighted by molar-refractivity contribution is -0.00925. The third-order valence-electron chi connectivity index (χ3n) is 3.70. The van der Waals surface area contributed by atoms with Gasteiger partial charge < -0.3 is 9.64 Å². The number of hydrogen-bond acceptors (Lipinski definition) is 4. The molecule has 2 aliphatic rings. The van der Waals surface area contributed by atoms with Gasteiger partial charge in [-0.25, -0.2) is 9.37 Å². The molecule has 2 fully saturated rings. The van der Waals surface area contributed by atoms with E-state index in [-0.39, 0.29) is 17.4 Å². The summed E-state index contributed by atoms with van der Waals surface area (Å²) >= 11 is 5.76. The molecule has 0 spiro atoms. The summed E-state index contributed by atoms with van der Waals surface area (Å²) in [5, 5.41) is 0.0882. The van der Waals surface area contributed by atoms with Crippen molar-refractivity contribution in [2.75, 3.05) is 18.1 Å². The summed E-state index contributed by atoms with van der Waals surface area (Å²) in [5.41, 5.74) is 0. The van der Waals surface area contributed by atoms with Crippen molar-refractivity contribution < 1.29 is 9.13 Å². The van der Waals surface area contributed by atoms with Crippen molar-refractivity contribution in [2.45, 2.75) is 37.8 Å². The van der Waals surface area contributed by atoms with Gasteiger partial charge in [0, 0.05) is 6.54 Å². The molecule has 2 atom stereocenters. The highest BCUT2D eigenvalue weighted by Gasteiger charge is 2.36. The molecule has 2 heterocycles. The van der Waals surface area contributed by atoms with E-state index in [0.717, 1.165) is 25.5 Å². The molecule has 1 aromatic rings. The van der Waals surface area contributed by atoms with Crippen LogP contribution in [-0.4, -0.2) is 35.3 Å². The lowest BCUT2D eigenvalue weighted by atomic mass is 9.90. The minimum absolute atomic E-state index is 0.0882. The minimum Gasteiger partial charge on any atom is -0.374 e. The van der Waals surface area contributed by atoms with Gasteiger partial charge in [0.1, 0.15) is 0 Å². The zero-order valence-electron chi connectivity index (χ0n) is 9.98. The Morgan fingerprint density at radius 1 is 1.39 bits per heavy atom. The average Bonchev–Trinajstić information content (AvgIpc) is 2.41. The number of aromatic nitrogens is 2. The summed E-state index contributed by atoms with van der Waals surface area (Å²) in [4.78, 5) is 9.69. The Hall–Kier alpha value is -0.940. The van der Waals surface area contributed by atoms with Crippen LogP contribution in [0.5, 0.6) is 0 Å². The van der Waals surface area contributed by atoms with Crippen molar-refractivity contribution in [1.29, 1.82) is 0 Å². The number of nitrogens with zero attached hydrogens (tertiary/aromatic N) is 3. The van der Waals surface area contributed by atoms with Crippen LogP contribution >= 0.6 is 11.6 Å². The molecule has 0 N–H and O–H groups in total. The Labute approximate surface area is 110 Å². The van der Waals surface area contributed by atoms with Gasteiger partial charge in [-0.1, -0.05) is 12.8 Å². The van der Waals surface area contributed by atoms with Gasteiger partial charge in [-0.15, -0.1) is 0 Å². The van der Waals surface area contributed by atoms with Crippen LogP contribution in [-0.2, 0) is 4.74 Å². The van der Waals surface area contributed by atoms with E-state index in [2.05, 4.69) is 9.97 Å². The Kier molecular flexibility index (Phi) is 3.35. The fraction of sp³-hybridized carbons (Fsp3) is 0.667. The molecule has 2 unspecified atom stereocenters. The Bertz CT molecular complexity index is 443. The van der Waals surface area contributed by atoms with Gasteiger partial charge >= 0.3 is 0 Å². The molecule has 0 amide bonds. The topological polar surface area (TPSA) is 38.2 Å². The largest absolute Gasteiger partial charge is 0.374 e. The number of hydrogen-bond donors (Lipinski definition) is 0. The molecule has 4 nitrogen and oxygen atoms in total. The van der Waals surface area contributed by atoms with Crippen molar-refractivity contribution in [3.63, 3.8) is 0 Å². The standard InChI is InChI=1S/C12H15ClFN3O/c13-12-15-7-8(14)11(16-12)17-5-6-18-10-4-2-1-3-9(10)17/h7,9-10H,1-6H2. The first-order valence-corrected chi connectivity index (χ1v) is 6.70. The van der Waals surface area contributed by atoms with Crippen molar-refractivity contribution >= 4 is 17.4 Å². The third-order valence-corrected chi connectivity index (χ3v) is 3.88. The summed E-state index contributed by atoms with van der Waals surface area (Å²) in [6, 6.07) is 0.216. The summed E-state index contributed by atoms with van der Waals surface area (Å²) in [7, 11) is 0. The number of rotatable bonds is 1. The lowest BCUT2D eigenvalue weighted by Gasteiger charge is -2.44. The molecule has 18 heavy (non-hydrogen) atoms. The Balaban J connectivity index is 1.91. The summed E-state index contributed by atoms with van der Waals surface area (Å²) in [6.45, 7) is 1.27. The van der Waals surface area contributed by atoms with Gasteiger partial charge in [0.25, 0.3) is 0 Å². The van der Waals surface area contributed by atoms with Crippen molar-refractivity contribution in [3.05, 3.63) is 17.3 Å². The summed E-state index contributed by atoms with van der Waals surface area (Å²) in [5.74, 6) is -0.0965.